The van der Waals surface area contributed by atoms with Crippen LogP contribution in [0.2, 0.25) is 0 Å². The summed E-state index contributed by atoms with van der Waals surface area (Å²) in [6, 6.07) is 11.8. The predicted octanol–water partition coefficient (Wildman–Crippen LogP) is 2.64. The molecule has 0 N–H and O–H groups in total. The van der Waals surface area contributed by atoms with Gasteiger partial charge in [-0.05, 0) is 37.1 Å². The maximum atomic E-state index is 13.1. The molecule has 3 heterocycles. The third-order valence-electron chi connectivity index (χ3n) is 4.77. The summed E-state index contributed by atoms with van der Waals surface area (Å²) in [4.78, 5) is 14.9. The van der Waals surface area contributed by atoms with E-state index in [0.29, 0.717) is 18.7 Å². The van der Waals surface area contributed by atoms with E-state index in [-0.39, 0.29) is 18.1 Å². The van der Waals surface area contributed by atoms with Crippen LogP contribution in [0.1, 0.15) is 34.5 Å². The molecule has 128 valence electrons. The molecule has 0 bridgehead atoms. The van der Waals surface area contributed by atoms with Crippen molar-refractivity contribution in [1.29, 1.82) is 0 Å². The van der Waals surface area contributed by atoms with E-state index in [1.165, 1.54) is 5.56 Å². The molecule has 1 aliphatic rings. The van der Waals surface area contributed by atoms with Gasteiger partial charge in [-0.25, -0.2) is 0 Å². The van der Waals surface area contributed by atoms with Crippen LogP contribution in [0.25, 0.3) is 5.65 Å². The maximum Gasteiger partial charge on any atom is 0.255 e. The Morgan fingerprint density at radius 2 is 2.08 bits per heavy atom. The van der Waals surface area contributed by atoms with Gasteiger partial charge in [-0.3, -0.25) is 9.20 Å². The highest BCUT2D eigenvalue weighted by Gasteiger charge is 2.31. The zero-order valence-corrected chi connectivity index (χ0v) is 14.3. The Balaban J connectivity index is 1.61. The first kappa shape index (κ1) is 15.8. The number of morpholine rings is 1. The summed E-state index contributed by atoms with van der Waals surface area (Å²) < 4.78 is 7.77. The van der Waals surface area contributed by atoms with Crippen molar-refractivity contribution in [3.8, 4) is 0 Å². The fraction of sp³-hybridized carbons (Fsp3) is 0.316. The maximum absolute atomic E-state index is 13.1. The summed E-state index contributed by atoms with van der Waals surface area (Å²) in [6.07, 6.45) is 3.29. The normalized spacial score (nSPS) is 20.8. The Morgan fingerprint density at radius 1 is 1.24 bits per heavy atom. The van der Waals surface area contributed by atoms with Crippen LogP contribution >= 0.6 is 0 Å². The van der Waals surface area contributed by atoms with Crippen molar-refractivity contribution in [2.75, 3.05) is 13.2 Å². The van der Waals surface area contributed by atoms with Crippen LogP contribution in [-0.4, -0.2) is 44.6 Å². The lowest BCUT2D eigenvalue weighted by Gasteiger charge is -2.38. The molecule has 6 nitrogen and oxygen atoms in total. The molecular weight excluding hydrogens is 316 g/mol. The number of carbonyl (C=O) groups excluding carboxylic acids is 1. The number of benzene rings is 1. The van der Waals surface area contributed by atoms with Gasteiger partial charge in [0.2, 0.25) is 0 Å². The van der Waals surface area contributed by atoms with Crippen molar-refractivity contribution in [1.82, 2.24) is 19.5 Å². The summed E-state index contributed by atoms with van der Waals surface area (Å²) in [5.41, 5.74) is 3.68. The van der Waals surface area contributed by atoms with E-state index >= 15 is 0 Å². The lowest BCUT2D eigenvalue weighted by atomic mass is 10.0. The fourth-order valence-corrected chi connectivity index (χ4v) is 3.30. The molecular formula is C19H20N4O2. The van der Waals surface area contributed by atoms with Crippen molar-refractivity contribution in [3.63, 3.8) is 0 Å². The summed E-state index contributed by atoms with van der Waals surface area (Å²) in [5.74, 6) is 0.00461. The number of fused-ring (bicyclic) bond motifs is 1. The van der Waals surface area contributed by atoms with Crippen molar-refractivity contribution in [2.45, 2.75) is 26.0 Å². The van der Waals surface area contributed by atoms with E-state index in [9.17, 15) is 4.79 Å². The Labute approximate surface area is 146 Å². The minimum absolute atomic E-state index is 0.00461. The number of rotatable bonds is 2. The second kappa shape index (κ2) is 6.29. The van der Waals surface area contributed by atoms with Crippen LogP contribution in [0, 0.1) is 6.92 Å². The van der Waals surface area contributed by atoms with E-state index in [1.54, 1.807) is 23.0 Å². The van der Waals surface area contributed by atoms with Crippen LogP contribution in [0.15, 0.2) is 48.9 Å². The molecule has 25 heavy (non-hydrogen) atoms. The molecule has 1 amide bonds. The van der Waals surface area contributed by atoms with Crippen LogP contribution < -0.4 is 0 Å². The molecule has 1 aromatic carbocycles. The molecule has 1 saturated heterocycles. The molecule has 0 aliphatic carbocycles. The third-order valence-corrected chi connectivity index (χ3v) is 4.77. The molecule has 6 heteroatoms. The Hall–Kier alpha value is -2.73. The van der Waals surface area contributed by atoms with E-state index in [0.717, 1.165) is 11.2 Å². The van der Waals surface area contributed by atoms with Crippen molar-refractivity contribution in [3.05, 3.63) is 65.6 Å². The van der Waals surface area contributed by atoms with Gasteiger partial charge in [-0.1, -0.05) is 24.3 Å². The van der Waals surface area contributed by atoms with Gasteiger partial charge in [0.25, 0.3) is 5.91 Å². The van der Waals surface area contributed by atoms with Gasteiger partial charge in [0.15, 0.2) is 5.65 Å². The number of carbonyl (C=O) groups is 1. The largest absolute Gasteiger partial charge is 0.370 e. The number of aryl methyl sites for hydroxylation is 1. The standard InChI is InChI=1S/C19H20N4O2/c1-13-5-3-4-6-16(13)17-10-23(14(2)11-25-17)19(24)15-7-8-18-21-20-12-22(18)9-15/h3-9,12,14,17H,10-11H2,1-2H3. The number of hydrogen-bond acceptors (Lipinski definition) is 4. The lowest BCUT2D eigenvalue weighted by molar-refractivity contribution is -0.0489. The number of ether oxygens (including phenoxy) is 1. The molecule has 0 spiro atoms. The fourth-order valence-electron chi connectivity index (χ4n) is 3.30. The van der Waals surface area contributed by atoms with Gasteiger partial charge >= 0.3 is 0 Å². The lowest BCUT2D eigenvalue weighted by Crippen LogP contribution is -2.48. The Bertz CT molecular complexity index is 920. The highest BCUT2D eigenvalue weighted by Crippen LogP contribution is 2.28. The first-order chi connectivity index (χ1) is 12.1. The second-order valence-corrected chi connectivity index (χ2v) is 6.50. The van der Waals surface area contributed by atoms with Gasteiger partial charge < -0.3 is 9.64 Å². The van der Waals surface area contributed by atoms with E-state index in [2.05, 4.69) is 29.3 Å². The van der Waals surface area contributed by atoms with E-state index < -0.39 is 0 Å². The van der Waals surface area contributed by atoms with Crippen molar-refractivity contribution >= 4 is 11.6 Å². The Morgan fingerprint density at radius 3 is 2.92 bits per heavy atom. The molecule has 0 saturated carbocycles. The monoisotopic (exact) mass is 336 g/mol. The smallest absolute Gasteiger partial charge is 0.255 e. The van der Waals surface area contributed by atoms with Crippen molar-refractivity contribution < 1.29 is 9.53 Å². The average Bonchev–Trinajstić information content (AvgIpc) is 3.10. The minimum atomic E-state index is -0.0972. The van der Waals surface area contributed by atoms with Crippen LogP contribution in [0.4, 0.5) is 0 Å². The topological polar surface area (TPSA) is 59.7 Å². The van der Waals surface area contributed by atoms with Gasteiger partial charge in [-0.2, -0.15) is 0 Å². The van der Waals surface area contributed by atoms with Gasteiger partial charge in [0, 0.05) is 6.20 Å². The number of aromatic nitrogens is 3. The molecule has 3 aromatic rings. The van der Waals surface area contributed by atoms with Gasteiger partial charge in [-0.15, -0.1) is 10.2 Å². The number of pyridine rings is 1. The van der Waals surface area contributed by atoms with Gasteiger partial charge in [0.05, 0.1) is 24.8 Å². The minimum Gasteiger partial charge on any atom is -0.370 e. The van der Waals surface area contributed by atoms with Crippen molar-refractivity contribution in [2.24, 2.45) is 0 Å². The molecule has 1 aliphatic heterocycles. The predicted molar refractivity (Wildman–Crippen MR) is 93.4 cm³/mol. The number of nitrogens with zero attached hydrogens (tertiary/aromatic N) is 4. The summed E-state index contributed by atoms with van der Waals surface area (Å²) in [6.45, 7) is 5.16. The van der Waals surface area contributed by atoms with Gasteiger partial charge in [0.1, 0.15) is 12.4 Å². The van der Waals surface area contributed by atoms with E-state index in [4.69, 9.17) is 4.74 Å². The highest BCUT2D eigenvalue weighted by atomic mass is 16.5. The molecule has 1 fully saturated rings. The first-order valence-corrected chi connectivity index (χ1v) is 8.41. The second-order valence-electron chi connectivity index (χ2n) is 6.50. The molecule has 2 atom stereocenters. The zero-order valence-electron chi connectivity index (χ0n) is 14.3. The summed E-state index contributed by atoms with van der Waals surface area (Å²) >= 11 is 0. The molecule has 0 radical (unpaired) electrons. The third kappa shape index (κ3) is 2.89. The first-order valence-electron chi connectivity index (χ1n) is 8.41. The zero-order chi connectivity index (χ0) is 17.4. The summed E-state index contributed by atoms with van der Waals surface area (Å²) in [7, 11) is 0. The average molecular weight is 336 g/mol. The number of amides is 1. The summed E-state index contributed by atoms with van der Waals surface area (Å²) in [5, 5.41) is 7.83. The molecule has 4 rings (SSSR count). The molecule has 2 aromatic heterocycles. The molecule has 2 unspecified atom stereocenters. The Kier molecular flexibility index (Phi) is 3.97. The SMILES string of the molecule is Cc1ccccc1C1CN(C(=O)c2ccc3nncn3c2)C(C)CO1. The van der Waals surface area contributed by atoms with Crippen LogP contribution in [0.3, 0.4) is 0 Å². The highest BCUT2D eigenvalue weighted by molar-refractivity contribution is 5.94. The van der Waals surface area contributed by atoms with Crippen LogP contribution in [-0.2, 0) is 4.74 Å². The number of hydrogen-bond donors (Lipinski definition) is 0. The van der Waals surface area contributed by atoms with Crippen LogP contribution in [0.5, 0.6) is 0 Å². The van der Waals surface area contributed by atoms with E-state index in [1.807, 2.05) is 30.0 Å². The quantitative estimate of drug-likeness (QED) is 0.722.